The Balaban J connectivity index is 0.000000391. The minimum Gasteiger partial charge on any atom is -0.490 e. The molecule has 4 aliphatic rings. The highest BCUT2D eigenvalue weighted by atomic mass is 32.2. The number of thioether (sulfide) groups is 1. The van der Waals surface area contributed by atoms with Crippen molar-refractivity contribution in [2.24, 2.45) is 0 Å². The van der Waals surface area contributed by atoms with Crippen molar-refractivity contribution in [1.29, 1.82) is 0 Å². The minimum absolute atomic E-state index is 0. The summed E-state index contributed by atoms with van der Waals surface area (Å²) in [6.07, 6.45) is 2.52. The van der Waals surface area contributed by atoms with Crippen LogP contribution in [0.25, 0.3) is 0 Å². The van der Waals surface area contributed by atoms with Crippen molar-refractivity contribution in [3.63, 3.8) is 0 Å². The van der Waals surface area contributed by atoms with Crippen molar-refractivity contribution in [3.8, 4) is 5.75 Å². The van der Waals surface area contributed by atoms with Gasteiger partial charge in [0.25, 0.3) is 0 Å². The Labute approximate surface area is 374 Å². The van der Waals surface area contributed by atoms with Crippen LogP contribution in [0.1, 0.15) is 125 Å². The van der Waals surface area contributed by atoms with Crippen LogP contribution >= 0.6 is 11.8 Å². The fourth-order valence-electron chi connectivity index (χ4n) is 7.94. The van der Waals surface area contributed by atoms with Gasteiger partial charge in [-0.2, -0.15) is 0 Å². The van der Waals surface area contributed by atoms with Gasteiger partial charge in [0, 0.05) is 64.7 Å². The van der Waals surface area contributed by atoms with Crippen molar-refractivity contribution in [2.45, 2.75) is 153 Å². The molecule has 7 heteroatoms. The van der Waals surface area contributed by atoms with Crippen molar-refractivity contribution < 1.29 is 4.74 Å². The molecule has 6 nitrogen and oxygen atoms in total. The first-order chi connectivity index (χ1) is 26.4. The van der Waals surface area contributed by atoms with Gasteiger partial charge >= 0.3 is 0 Å². The van der Waals surface area contributed by atoms with Crippen LogP contribution in [0.4, 0.5) is 28.4 Å². The number of hydrogen-bond acceptors (Lipinski definition) is 7. The van der Waals surface area contributed by atoms with Crippen molar-refractivity contribution in [1.82, 2.24) is 0 Å². The predicted octanol–water partition coefficient (Wildman–Crippen LogP) is 14.6. The number of nitrogens with one attached hydrogen (secondary N) is 1. The van der Waals surface area contributed by atoms with Crippen LogP contribution in [0.3, 0.4) is 0 Å². The van der Waals surface area contributed by atoms with E-state index in [0.29, 0.717) is 0 Å². The van der Waals surface area contributed by atoms with Gasteiger partial charge in [0.2, 0.25) is 0 Å². The molecule has 336 valence electrons. The lowest BCUT2D eigenvalue weighted by Gasteiger charge is -2.41. The Morgan fingerprint density at radius 3 is 1.57 bits per heavy atom. The average molecular weight is 842 g/mol. The van der Waals surface area contributed by atoms with Gasteiger partial charge in [-0.3, -0.25) is 0 Å². The van der Waals surface area contributed by atoms with Crippen molar-refractivity contribution in [2.75, 3.05) is 70.0 Å². The van der Waals surface area contributed by atoms with E-state index in [1.807, 2.05) is 23.9 Å². The number of fused-ring (bicyclic) bond motifs is 4. The highest BCUT2D eigenvalue weighted by molar-refractivity contribution is 7.99. The molecular formula is C53H87N5OS. The molecule has 4 aromatic rings. The number of para-hydroxylation sites is 6. The Kier molecular flexibility index (Phi) is 20.5. The maximum absolute atomic E-state index is 5.61. The summed E-state index contributed by atoms with van der Waals surface area (Å²) in [6.45, 7) is 33.4. The van der Waals surface area contributed by atoms with E-state index in [9.17, 15) is 0 Å². The third kappa shape index (κ3) is 14.0. The molecule has 0 radical (unpaired) electrons. The summed E-state index contributed by atoms with van der Waals surface area (Å²) in [6, 6.07) is 34.2. The summed E-state index contributed by atoms with van der Waals surface area (Å²) in [5, 5.41) is 3.42. The highest BCUT2D eigenvalue weighted by Gasteiger charge is 2.29. The molecule has 0 unspecified atom stereocenters. The smallest absolute Gasteiger partial charge is 0.142 e. The third-order valence-corrected chi connectivity index (χ3v) is 11.7. The normalized spacial score (nSPS) is 15.3. The molecule has 8 rings (SSSR count). The van der Waals surface area contributed by atoms with E-state index in [2.05, 4.69) is 193 Å². The zero-order valence-corrected chi connectivity index (χ0v) is 37.5. The van der Waals surface area contributed by atoms with Crippen LogP contribution in [-0.2, 0) is 6.42 Å². The van der Waals surface area contributed by atoms with Gasteiger partial charge < -0.3 is 29.7 Å². The standard InChI is InChI=1S/C13H19N.C12H18N2.C12H17NO.C12H17NS.4CH4/c1-13(2,3)14-10-6-8-11-7-4-5-9-12(11)14;1-12(2,3)14-9-8-13-10-6-4-5-7-11(10)14;2*1-12(2,3)13-8-9-14-11-7-5-4-6-10(11)13;;;;/h4-5,7,9H,6,8,10H2,1-3H3;4-7,13H,8-9H2,1-3H3;2*4-7H,8-9H2,1-3H3;4*1H4. The fourth-order valence-corrected chi connectivity index (χ4v) is 8.94. The molecule has 0 aromatic heterocycles. The molecular weight excluding hydrogens is 755 g/mol. The summed E-state index contributed by atoms with van der Waals surface area (Å²) in [7, 11) is 0. The summed E-state index contributed by atoms with van der Waals surface area (Å²) < 4.78 is 5.61. The van der Waals surface area contributed by atoms with Gasteiger partial charge in [0.05, 0.1) is 29.3 Å². The fraction of sp³-hybridized carbons (Fsp3) is 0.547. The molecule has 0 bridgehead atoms. The minimum atomic E-state index is 0. The van der Waals surface area contributed by atoms with E-state index in [0.717, 1.165) is 38.5 Å². The summed E-state index contributed by atoms with van der Waals surface area (Å²) in [5.41, 5.74) is 8.99. The van der Waals surface area contributed by atoms with E-state index in [1.165, 1.54) is 64.0 Å². The third-order valence-electron chi connectivity index (χ3n) is 10.7. The van der Waals surface area contributed by atoms with Crippen LogP contribution in [0.15, 0.2) is 102 Å². The monoisotopic (exact) mass is 842 g/mol. The van der Waals surface area contributed by atoms with E-state index in [-0.39, 0.29) is 51.9 Å². The summed E-state index contributed by atoms with van der Waals surface area (Å²) >= 11 is 1.97. The molecule has 0 fully saturated rings. The summed E-state index contributed by atoms with van der Waals surface area (Å²) in [5.74, 6) is 2.21. The van der Waals surface area contributed by atoms with Crippen LogP contribution in [0.5, 0.6) is 5.75 Å². The van der Waals surface area contributed by atoms with Gasteiger partial charge in [0.15, 0.2) is 0 Å². The van der Waals surface area contributed by atoms with Gasteiger partial charge in [-0.25, -0.2) is 0 Å². The largest absolute Gasteiger partial charge is 0.490 e. The first-order valence-electron chi connectivity index (χ1n) is 20.8. The van der Waals surface area contributed by atoms with Crippen LogP contribution in [-0.4, -0.2) is 67.2 Å². The zero-order chi connectivity index (χ0) is 40.7. The molecule has 4 aliphatic heterocycles. The first-order valence-corrected chi connectivity index (χ1v) is 21.8. The molecule has 0 aliphatic carbocycles. The van der Waals surface area contributed by atoms with Crippen LogP contribution in [0, 0.1) is 0 Å². The second-order valence-corrected chi connectivity index (χ2v) is 20.2. The van der Waals surface area contributed by atoms with E-state index in [4.69, 9.17) is 4.74 Å². The van der Waals surface area contributed by atoms with Gasteiger partial charge in [-0.05, 0) is 144 Å². The number of ether oxygens (including phenoxy) is 1. The van der Waals surface area contributed by atoms with Gasteiger partial charge in [0.1, 0.15) is 12.4 Å². The van der Waals surface area contributed by atoms with E-state index >= 15 is 0 Å². The average Bonchev–Trinajstić information content (AvgIpc) is 3.16. The van der Waals surface area contributed by atoms with Crippen LogP contribution in [0.2, 0.25) is 0 Å². The Morgan fingerprint density at radius 2 is 0.950 bits per heavy atom. The summed E-state index contributed by atoms with van der Waals surface area (Å²) in [4.78, 5) is 11.3. The molecule has 4 aromatic carbocycles. The maximum atomic E-state index is 5.61. The lowest BCUT2D eigenvalue weighted by molar-refractivity contribution is 0.289. The molecule has 60 heavy (non-hydrogen) atoms. The Morgan fingerprint density at radius 1 is 0.483 bits per heavy atom. The molecule has 4 heterocycles. The first kappa shape index (κ1) is 54.0. The number of anilines is 5. The van der Waals surface area contributed by atoms with Crippen molar-refractivity contribution in [3.05, 3.63) is 103 Å². The second kappa shape index (κ2) is 22.8. The van der Waals surface area contributed by atoms with Crippen LogP contribution < -0.4 is 29.7 Å². The maximum Gasteiger partial charge on any atom is 0.142 e. The molecule has 0 amide bonds. The Hall–Kier alpha value is -3.97. The number of hydrogen-bond donors (Lipinski definition) is 1. The molecule has 0 atom stereocenters. The lowest BCUT2D eigenvalue weighted by atomic mass is 9.96. The quantitative estimate of drug-likeness (QED) is 0.189. The van der Waals surface area contributed by atoms with E-state index in [1.54, 1.807) is 0 Å². The topological polar surface area (TPSA) is 34.2 Å². The highest BCUT2D eigenvalue weighted by Crippen LogP contribution is 2.38. The number of nitrogens with zero attached hydrogens (tertiary/aromatic N) is 4. The number of aryl methyl sites for hydroxylation is 1. The SMILES string of the molecule is C.C.C.C.CC(C)(C)N1CCCc2ccccc21.CC(C)(C)N1CCNc2ccccc21.CC(C)(C)N1CCOc2ccccc21.CC(C)(C)N1CCSc2ccccc21. The van der Waals surface area contributed by atoms with Gasteiger partial charge in [-0.1, -0.05) is 84.3 Å². The number of benzene rings is 4. The Bertz CT molecular complexity index is 1580. The van der Waals surface area contributed by atoms with E-state index < -0.39 is 0 Å². The van der Waals surface area contributed by atoms with Gasteiger partial charge in [-0.15, -0.1) is 11.8 Å². The molecule has 0 spiro atoms. The zero-order valence-electron chi connectivity index (χ0n) is 36.7. The predicted molar refractivity (Wildman–Crippen MR) is 274 cm³/mol. The second-order valence-electron chi connectivity index (χ2n) is 19.1. The lowest BCUT2D eigenvalue weighted by Crippen LogP contribution is -2.46. The molecule has 0 saturated carbocycles. The molecule has 1 N–H and O–H groups in total. The van der Waals surface area contributed by atoms with Crippen molar-refractivity contribution >= 4 is 40.2 Å². The molecule has 0 saturated heterocycles. The number of rotatable bonds is 0.